The molecule has 0 radical (unpaired) electrons. The highest BCUT2D eigenvalue weighted by Crippen LogP contribution is 2.30. The Labute approximate surface area is 165 Å². The number of hydrogen-bond acceptors (Lipinski definition) is 6. The SMILES string of the molecule is NC1=NS(=O)Nc2cccc(OCC3CCCN(c4cc(C=O)ccn4)C3)c21. The molecule has 0 saturated carbocycles. The van der Waals surface area contributed by atoms with Gasteiger partial charge in [0.2, 0.25) is 11.2 Å². The van der Waals surface area contributed by atoms with Gasteiger partial charge in [0.05, 0.1) is 17.9 Å². The monoisotopic (exact) mass is 399 g/mol. The lowest BCUT2D eigenvalue weighted by molar-refractivity contribution is 0.112. The van der Waals surface area contributed by atoms with Crippen LogP contribution in [0, 0.1) is 5.92 Å². The Morgan fingerprint density at radius 3 is 3.14 bits per heavy atom. The second-order valence-electron chi connectivity index (χ2n) is 6.84. The van der Waals surface area contributed by atoms with Gasteiger partial charge in [0.25, 0.3) is 0 Å². The molecule has 1 saturated heterocycles. The number of nitrogens with two attached hydrogens (primary N) is 1. The number of fused-ring (bicyclic) bond motifs is 1. The van der Waals surface area contributed by atoms with Gasteiger partial charge in [0, 0.05) is 30.8 Å². The molecule has 28 heavy (non-hydrogen) atoms. The fourth-order valence-corrected chi connectivity index (χ4v) is 4.22. The third-order valence-electron chi connectivity index (χ3n) is 4.88. The molecule has 1 fully saturated rings. The normalized spacial score (nSPS) is 21.3. The van der Waals surface area contributed by atoms with E-state index >= 15 is 0 Å². The van der Waals surface area contributed by atoms with Crippen molar-refractivity contribution < 1.29 is 13.7 Å². The Hall–Kier alpha value is -2.94. The second kappa shape index (κ2) is 7.97. The molecule has 0 aliphatic carbocycles. The highest BCUT2D eigenvalue weighted by molar-refractivity contribution is 7.85. The fraction of sp³-hybridized carbons (Fsp3) is 0.316. The zero-order valence-electron chi connectivity index (χ0n) is 15.2. The third kappa shape index (κ3) is 3.84. The molecule has 1 aromatic heterocycles. The van der Waals surface area contributed by atoms with Crippen molar-refractivity contribution in [2.45, 2.75) is 12.8 Å². The highest BCUT2D eigenvalue weighted by Gasteiger charge is 2.24. The molecule has 4 rings (SSSR count). The van der Waals surface area contributed by atoms with Crippen LogP contribution >= 0.6 is 0 Å². The van der Waals surface area contributed by atoms with Crippen LogP contribution in [0.3, 0.4) is 0 Å². The molecule has 2 atom stereocenters. The Morgan fingerprint density at radius 1 is 1.39 bits per heavy atom. The lowest BCUT2D eigenvalue weighted by atomic mass is 9.99. The van der Waals surface area contributed by atoms with Crippen LogP contribution in [-0.4, -0.2) is 41.0 Å². The number of nitrogens with zero attached hydrogens (tertiary/aromatic N) is 3. The van der Waals surface area contributed by atoms with E-state index in [1.165, 1.54) is 0 Å². The maximum Gasteiger partial charge on any atom is 0.245 e. The first-order valence-electron chi connectivity index (χ1n) is 9.09. The highest BCUT2D eigenvalue weighted by atomic mass is 32.2. The van der Waals surface area contributed by atoms with E-state index in [-0.39, 0.29) is 5.84 Å². The third-order valence-corrected chi connectivity index (χ3v) is 5.64. The van der Waals surface area contributed by atoms with Crippen LogP contribution < -0.4 is 20.1 Å². The molecule has 8 nitrogen and oxygen atoms in total. The smallest absolute Gasteiger partial charge is 0.245 e. The molecular weight excluding hydrogens is 378 g/mol. The number of benzene rings is 1. The summed E-state index contributed by atoms with van der Waals surface area (Å²) in [6.07, 6.45) is 4.57. The summed E-state index contributed by atoms with van der Waals surface area (Å²) in [5.74, 6) is 1.97. The van der Waals surface area contributed by atoms with Crippen molar-refractivity contribution in [1.82, 2.24) is 4.98 Å². The summed E-state index contributed by atoms with van der Waals surface area (Å²) in [6.45, 7) is 2.23. The summed E-state index contributed by atoms with van der Waals surface area (Å²) >= 11 is -1.56. The Bertz CT molecular complexity index is 949. The number of amidine groups is 1. The van der Waals surface area contributed by atoms with Crippen molar-refractivity contribution in [3.63, 3.8) is 0 Å². The number of anilines is 2. The molecule has 2 aliphatic rings. The first-order chi connectivity index (χ1) is 13.6. The van der Waals surface area contributed by atoms with E-state index in [9.17, 15) is 9.00 Å². The first kappa shape index (κ1) is 18.4. The van der Waals surface area contributed by atoms with Gasteiger partial charge in [-0.25, -0.2) is 9.19 Å². The molecule has 9 heteroatoms. The van der Waals surface area contributed by atoms with Crippen LogP contribution in [0.25, 0.3) is 0 Å². The van der Waals surface area contributed by atoms with Gasteiger partial charge in [-0.15, -0.1) is 0 Å². The Morgan fingerprint density at radius 2 is 2.29 bits per heavy atom. The number of carbonyl (C=O) groups is 1. The molecule has 0 bridgehead atoms. The molecular formula is C19H21N5O3S. The van der Waals surface area contributed by atoms with Gasteiger partial charge in [-0.05, 0) is 37.1 Å². The number of piperidine rings is 1. The number of ether oxygens (including phenoxy) is 1. The van der Waals surface area contributed by atoms with Crippen molar-refractivity contribution in [2.75, 3.05) is 29.3 Å². The molecule has 3 heterocycles. The summed E-state index contributed by atoms with van der Waals surface area (Å²) in [4.78, 5) is 17.6. The molecule has 1 aromatic carbocycles. The summed E-state index contributed by atoms with van der Waals surface area (Å²) in [5.41, 5.74) is 7.89. The predicted molar refractivity (Wildman–Crippen MR) is 109 cm³/mol. The summed E-state index contributed by atoms with van der Waals surface area (Å²) in [6, 6.07) is 8.99. The topological polar surface area (TPSA) is 110 Å². The number of rotatable bonds is 5. The summed E-state index contributed by atoms with van der Waals surface area (Å²) < 4.78 is 24.4. The lowest BCUT2D eigenvalue weighted by Gasteiger charge is -2.33. The summed E-state index contributed by atoms with van der Waals surface area (Å²) in [7, 11) is 0. The quantitative estimate of drug-likeness (QED) is 0.743. The van der Waals surface area contributed by atoms with E-state index in [4.69, 9.17) is 10.5 Å². The Kier molecular flexibility index (Phi) is 5.25. The van der Waals surface area contributed by atoms with E-state index < -0.39 is 11.2 Å². The summed E-state index contributed by atoms with van der Waals surface area (Å²) in [5, 5.41) is 0. The van der Waals surface area contributed by atoms with Gasteiger partial charge in [-0.3, -0.25) is 9.52 Å². The number of hydrogen-bond donors (Lipinski definition) is 2. The van der Waals surface area contributed by atoms with Crippen LogP contribution in [0.5, 0.6) is 5.75 Å². The minimum atomic E-state index is -1.56. The van der Waals surface area contributed by atoms with Crippen molar-refractivity contribution in [3.05, 3.63) is 47.7 Å². The maximum absolute atomic E-state index is 11.6. The van der Waals surface area contributed by atoms with E-state index in [1.54, 1.807) is 18.3 Å². The minimum absolute atomic E-state index is 0.211. The van der Waals surface area contributed by atoms with E-state index in [2.05, 4.69) is 19.0 Å². The average Bonchev–Trinajstić information content (AvgIpc) is 2.72. The molecule has 3 N–H and O–H groups in total. The maximum atomic E-state index is 11.6. The standard InChI is InChI=1S/C19H21N5O3S/c20-19-18-15(22-28(26)23-19)4-1-5-16(18)27-12-14-3-2-8-24(10-14)17-9-13(11-25)6-7-21-17/h1,4-7,9,11,14,22H,2-3,8,10,12H2,(H2,20,23). The van der Waals surface area contributed by atoms with Gasteiger partial charge in [-0.2, -0.15) is 4.40 Å². The number of carbonyl (C=O) groups excluding carboxylic acids is 1. The van der Waals surface area contributed by atoms with E-state index in [1.807, 2.05) is 18.2 Å². The zero-order chi connectivity index (χ0) is 19.5. The van der Waals surface area contributed by atoms with Gasteiger partial charge in [0.1, 0.15) is 23.7 Å². The fourth-order valence-electron chi connectivity index (χ4n) is 3.55. The predicted octanol–water partition coefficient (Wildman–Crippen LogP) is 1.90. The zero-order valence-corrected chi connectivity index (χ0v) is 16.0. The van der Waals surface area contributed by atoms with Crippen molar-refractivity contribution in [1.29, 1.82) is 0 Å². The minimum Gasteiger partial charge on any atom is -0.492 e. The van der Waals surface area contributed by atoms with Crippen molar-refractivity contribution in [3.8, 4) is 5.75 Å². The van der Waals surface area contributed by atoms with Crippen molar-refractivity contribution >= 4 is 34.8 Å². The largest absolute Gasteiger partial charge is 0.492 e. The van der Waals surface area contributed by atoms with Crippen LogP contribution in [-0.2, 0) is 11.2 Å². The Balaban J connectivity index is 1.45. The first-order valence-corrected chi connectivity index (χ1v) is 10.2. The number of pyridine rings is 1. The van der Waals surface area contributed by atoms with Crippen LogP contribution in [0.15, 0.2) is 40.9 Å². The molecule has 2 unspecified atom stereocenters. The lowest BCUT2D eigenvalue weighted by Crippen LogP contribution is -2.38. The van der Waals surface area contributed by atoms with Gasteiger partial charge < -0.3 is 15.4 Å². The van der Waals surface area contributed by atoms with Crippen LogP contribution in [0.2, 0.25) is 0 Å². The van der Waals surface area contributed by atoms with E-state index in [0.29, 0.717) is 35.1 Å². The average molecular weight is 399 g/mol. The van der Waals surface area contributed by atoms with Crippen LogP contribution in [0.1, 0.15) is 28.8 Å². The number of aromatic nitrogens is 1. The van der Waals surface area contributed by atoms with Gasteiger partial charge >= 0.3 is 0 Å². The number of aldehydes is 1. The number of nitrogens with one attached hydrogen (secondary N) is 1. The van der Waals surface area contributed by atoms with Crippen LogP contribution in [0.4, 0.5) is 11.5 Å². The second-order valence-corrected chi connectivity index (χ2v) is 7.72. The molecule has 2 aliphatic heterocycles. The molecule has 0 amide bonds. The van der Waals surface area contributed by atoms with E-state index in [0.717, 1.165) is 38.0 Å². The molecule has 0 spiro atoms. The van der Waals surface area contributed by atoms with Gasteiger partial charge in [-0.1, -0.05) is 6.07 Å². The van der Waals surface area contributed by atoms with Gasteiger partial charge in [0.15, 0.2) is 0 Å². The van der Waals surface area contributed by atoms with Crippen molar-refractivity contribution in [2.24, 2.45) is 16.0 Å². The molecule has 146 valence electrons. The molecule has 2 aromatic rings.